The van der Waals surface area contributed by atoms with E-state index in [-0.39, 0.29) is 17.7 Å². The van der Waals surface area contributed by atoms with Crippen LogP contribution in [-0.2, 0) is 6.42 Å². The predicted molar refractivity (Wildman–Crippen MR) is 85.6 cm³/mol. The number of rotatable bonds is 5. The summed E-state index contributed by atoms with van der Waals surface area (Å²) in [5, 5.41) is 3.66. The number of hydrogen-bond acceptors (Lipinski definition) is 1. The molecule has 0 aliphatic rings. The van der Waals surface area contributed by atoms with Gasteiger partial charge in [-0.25, -0.2) is 8.78 Å². The van der Waals surface area contributed by atoms with Crippen LogP contribution in [0, 0.1) is 11.6 Å². The van der Waals surface area contributed by atoms with E-state index < -0.39 is 0 Å². The fourth-order valence-corrected chi connectivity index (χ4v) is 3.10. The summed E-state index contributed by atoms with van der Waals surface area (Å²) < 4.78 is 28.7. The Kier molecular flexibility index (Phi) is 5.73. The minimum Gasteiger partial charge on any atom is -0.310 e. The first kappa shape index (κ1) is 16.4. The van der Waals surface area contributed by atoms with Gasteiger partial charge in [-0.15, -0.1) is 0 Å². The zero-order chi connectivity index (χ0) is 15.4. The quantitative estimate of drug-likeness (QED) is 0.751. The maximum Gasteiger partial charge on any atom is 0.129 e. The summed E-state index contributed by atoms with van der Waals surface area (Å²) in [4.78, 5) is 0. The van der Waals surface area contributed by atoms with Crippen molar-refractivity contribution in [3.63, 3.8) is 0 Å². The lowest BCUT2D eigenvalue weighted by atomic mass is 9.98. The normalized spacial score (nSPS) is 12.4. The second kappa shape index (κ2) is 7.34. The van der Waals surface area contributed by atoms with Gasteiger partial charge in [-0.1, -0.05) is 40.5 Å². The van der Waals surface area contributed by atoms with Crippen LogP contribution in [0.25, 0.3) is 0 Å². The number of halogens is 4. The van der Waals surface area contributed by atoms with Gasteiger partial charge in [-0.05, 0) is 48.9 Å². The van der Waals surface area contributed by atoms with Gasteiger partial charge in [-0.2, -0.15) is 0 Å². The van der Waals surface area contributed by atoms with E-state index in [4.69, 9.17) is 11.6 Å². The molecule has 5 heteroatoms. The molecule has 1 unspecified atom stereocenters. The Balaban J connectivity index is 2.38. The molecular formula is C16H15BrClF2N. The summed E-state index contributed by atoms with van der Waals surface area (Å²) in [6.45, 7) is 2.57. The van der Waals surface area contributed by atoms with Crippen molar-refractivity contribution in [2.45, 2.75) is 19.4 Å². The van der Waals surface area contributed by atoms with E-state index >= 15 is 0 Å². The summed E-state index contributed by atoms with van der Waals surface area (Å²) in [5.41, 5.74) is 0.960. The molecule has 0 aliphatic carbocycles. The van der Waals surface area contributed by atoms with E-state index in [0.29, 0.717) is 33.6 Å². The molecule has 0 saturated carbocycles. The van der Waals surface area contributed by atoms with Gasteiger partial charge in [-0.3, -0.25) is 0 Å². The summed E-state index contributed by atoms with van der Waals surface area (Å²) in [6.07, 6.45) is 0.319. The third-order valence-electron chi connectivity index (χ3n) is 3.23. The van der Waals surface area contributed by atoms with E-state index in [1.807, 2.05) is 6.92 Å². The number of likely N-dealkylation sites (N-methyl/N-ethyl adjacent to an activating group) is 1. The molecule has 112 valence electrons. The minimum atomic E-state index is -0.338. The molecule has 1 atom stereocenters. The van der Waals surface area contributed by atoms with Gasteiger partial charge in [0.15, 0.2) is 0 Å². The second-order valence-electron chi connectivity index (χ2n) is 4.69. The Bertz CT molecular complexity index is 613. The smallest absolute Gasteiger partial charge is 0.129 e. The molecule has 0 aliphatic heterocycles. The molecule has 0 spiro atoms. The van der Waals surface area contributed by atoms with E-state index in [2.05, 4.69) is 21.2 Å². The number of hydrogen-bond donors (Lipinski definition) is 1. The number of benzene rings is 2. The Morgan fingerprint density at radius 2 is 1.95 bits per heavy atom. The fourth-order valence-electron chi connectivity index (χ4n) is 2.29. The standard InChI is InChI=1S/C16H15BrClF2N/c1-2-21-15(16-12(17)4-3-5-14(16)20)9-10-8-11(18)6-7-13(10)19/h3-8,15,21H,2,9H2,1H3. The average molecular weight is 375 g/mol. The SMILES string of the molecule is CCNC(Cc1cc(Cl)ccc1F)c1c(F)cccc1Br. The predicted octanol–water partition coefficient (Wildman–Crippen LogP) is 5.27. The van der Waals surface area contributed by atoms with Crippen LogP contribution in [-0.4, -0.2) is 6.54 Å². The van der Waals surface area contributed by atoms with Crippen molar-refractivity contribution < 1.29 is 8.78 Å². The van der Waals surface area contributed by atoms with Crippen LogP contribution in [0.5, 0.6) is 0 Å². The molecular weight excluding hydrogens is 360 g/mol. The molecule has 21 heavy (non-hydrogen) atoms. The average Bonchev–Trinajstić information content (AvgIpc) is 2.43. The first-order valence-corrected chi connectivity index (χ1v) is 7.81. The molecule has 0 heterocycles. The molecule has 0 radical (unpaired) electrons. The summed E-state index contributed by atoms with van der Waals surface area (Å²) in [5.74, 6) is -0.660. The Morgan fingerprint density at radius 3 is 2.62 bits per heavy atom. The monoisotopic (exact) mass is 373 g/mol. The molecule has 1 nitrogen and oxygen atoms in total. The molecule has 2 aromatic carbocycles. The van der Waals surface area contributed by atoms with E-state index in [9.17, 15) is 8.78 Å². The van der Waals surface area contributed by atoms with Crippen molar-refractivity contribution in [2.75, 3.05) is 6.54 Å². The number of nitrogens with one attached hydrogen (secondary N) is 1. The molecule has 1 N–H and O–H groups in total. The van der Waals surface area contributed by atoms with E-state index in [0.717, 1.165) is 0 Å². The summed E-state index contributed by atoms with van der Waals surface area (Å²) in [7, 11) is 0. The molecule has 0 bridgehead atoms. The van der Waals surface area contributed by atoms with Crippen molar-refractivity contribution >= 4 is 27.5 Å². The zero-order valence-corrected chi connectivity index (χ0v) is 13.8. The highest BCUT2D eigenvalue weighted by atomic mass is 79.9. The van der Waals surface area contributed by atoms with Gasteiger partial charge < -0.3 is 5.32 Å². The third kappa shape index (κ3) is 4.02. The van der Waals surface area contributed by atoms with Gasteiger partial charge in [0.25, 0.3) is 0 Å². The Morgan fingerprint density at radius 1 is 1.19 bits per heavy atom. The summed E-state index contributed by atoms with van der Waals surface area (Å²) >= 11 is 9.28. The fraction of sp³-hybridized carbons (Fsp3) is 0.250. The minimum absolute atomic E-state index is 0.319. The molecule has 0 fully saturated rings. The van der Waals surface area contributed by atoms with Crippen molar-refractivity contribution in [3.8, 4) is 0 Å². The first-order valence-electron chi connectivity index (χ1n) is 6.64. The van der Waals surface area contributed by atoms with Gasteiger partial charge >= 0.3 is 0 Å². The van der Waals surface area contributed by atoms with Crippen LogP contribution in [0.4, 0.5) is 8.78 Å². The molecule has 0 aromatic heterocycles. The lowest BCUT2D eigenvalue weighted by molar-refractivity contribution is 0.496. The highest BCUT2D eigenvalue weighted by Crippen LogP contribution is 2.30. The second-order valence-corrected chi connectivity index (χ2v) is 5.98. The van der Waals surface area contributed by atoms with Gasteiger partial charge in [0.1, 0.15) is 11.6 Å². The van der Waals surface area contributed by atoms with Gasteiger partial charge in [0.2, 0.25) is 0 Å². The van der Waals surface area contributed by atoms with Crippen LogP contribution in [0.3, 0.4) is 0 Å². The van der Waals surface area contributed by atoms with Crippen LogP contribution in [0.2, 0.25) is 5.02 Å². The molecule has 2 rings (SSSR count). The van der Waals surface area contributed by atoms with Crippen molar-refractivity contribution in [1.29, 1.82) is 0 Å². The van der Waals surface area contributed by atoms with Crippen LogP contribution in [0.15, 0.2) is 40.9 Å². The van der Waals surface area contributed by atoms with Crippen LogP contribution < -0.4 is 5.32 Å². The van der Waals surface area contributed by atoms with E-state index in [1.165, 1.54) is 18.2 Å². The molecule has 0 amide bonds. The van der Waals surface area contributed by atoms with Gasteiger partial charge in [0.05, 0.1) is 0 Å². The topological polar surface area (TPSA) is 12.0 Å². The van der Waals surface area contributed by atoms with Crippen LogP contribution in [0.1, 0.15) is 24.1 Å². The first-order chi connectivity index (χ1) is 10.0. The largest absolute Gasteiger partial charge is 0.310 e. The van der Waals surface area contributed by atoms with Crippen molar-refractivity contribution in [2.24, 2.45) is 0 Å². The maximum absolute atomic E-state index is 14.1. The molecule has 2 aromatic rings. The van der Waals surface area contributed by atoms with Gasteiger partial charge in [0, 0.05) is 21.1 Å². The van der Waals surface area contributed by atoms with Crippen LogP contribution >= 0.6 is 27.5 Å². The lowest BCUT2D eigenvalue weighted by Gasteiger charge is -2.21. The molecule has 0 saturated heterocycles. The summed E-state index contributed by atoms with van der Waals surface area (Å²) in [6, 6.07) is 8.88. The highest BCUT2D eigenvalue weighted by molar-refractivity contribution is 9.10. The van der Waals surface area contributed by atoms with Crippen molar-refractivity contribution in [1.82, 2.24) is 5.32 Å². The Labute approximate surface area is 136 Å². The van der Waals surface area contributed by atoms with Crippen molar-refractivity contribution in [3.05, 3.63) is 68.7 Å². The maximum atomic E-state index is 14.1. The zero-order valence-electron chi connectivity index (χ0n) is 11.5. The third-order valence-corrected chi connectivity index (χ3v) is 4.16. The highest BCUT2D eigenvalue weighted by Gasteiger charge is 2.20. The Hall–Kier alpha value is -0.970. The lowest BCUT2D eigenvalue weighted by Crippen LogP contribution is -2.24. The van der Waals surface area contributed by atoms with E-state index in [1.54, 1.807) is 18.2 Å².